The van der Waals surface area contributed by atoms with Gasteiger partial charge in [0.25, 0.3) is 0 Å². The van der Waals surface area contributed by atoms with E-state index >= 15 is 0 Å². The molecule has 0 saturated carbocycles. The summed E-state index contributed by atoms with van der Waals surface area (Å²) < 4.78 is 7.22. The van der Waals surface area contributed by atoms with Crippen molar-refractivity contribution in [3.63, 3.8) is 0 Å². The van der Waals surface area contributed by atoms with Gasteiger partial charge in [-0.25, -0.2) is 0 Å². The predicted molar refractivity (Wildman–Crippen MR) is 176 cm³/mol. The molecule has 0 bridgehead atoms. The van der Waals surface area contributed by atoms with Gasteiger partial charge in [-0.05, 0) is 43.1 Å². The van der Waals surface area contributed by atoms with E-state index in [0.717, 1.165) is 5.75 Å². The highest BCUT2D eigenvalue weighted by atomic mass is 32.2. The van der Waals surface area contributed by atoms with Gasteiger partial charge in [0.15, 0.2) is 0 Å². The smallest absolute Gasteiger partial charge is 0.142 e. The molecule has 2 aliphatic rings. The first-order chi connectivity index (χ1) is 19.9. The average Bonchev–Trinajstić information content (AvgIpc) is 3.03. The van der Waals surface area contributed by atoms with E-state index in [1.807, 2.05) is 11.8 Å². The number of rotatable bonds is 6. The van der Waals surface area contributed by atoms with Crippen LogP contribution in [0.15, 0.2) is 168 Å². The highest BCUT2D eigenvalue weighted by molar-refractivity contribution is 8.00. The van der Waals surface area contributed by atoms with E-state index in [9.17, 15) is 0 Å². The zero-order valence-corrected chi connectivity index (χ0v) is 24.5. The summed E-state index contributed by atoms with van der Waals surface area (Å²) in [5.74, 6) is 1.05. The Morgan fingerprint density at radius 1 is 0.525 bits per heavy atom. The van der Waals surface area contributed by atoms with E-state index in [4.69, 9.17) is 4.74 Å². The molecule has 7 rings (SSSR count). The molecule has 1 aliphatic carbocycles. The van der Waals surface area contributed by atoms with Crippen LogP contribution in [-0.4, -0.2) is 11.4 Å². The Hall–Kier alpha value is -3.41. The molecule has 2 atom stereocenters. The number of para-hydroxylation sites is 1. The number of hydrogen-bond acceptors (Lipinski definition) is 2. The van der Waals surface area contributed by atoms with Gasteiger partial charge in [-0.1, -0.05) is 152 Å². The summed E-state index contributed by atoms with van der Waals surface area (Å²) in [6.07, 6.45) is 6.84. The fourth-order valence-electron chi connectivity index (χ4n) is 5.41. The molecule has 4 heteroatoms. The summed E-state index contributed by atoms with van der Waals surface area (Å²) >= 11 is 1.94. The molecule has 1 heterocycles. The molecule has 0 aromatic heterocycles. The number of ether oxygens (including phenoxy) is 1. The van der Waals surface area contributed by atoms with Crippen molar-refractivity contribution >= 4 is 54.1 Å². The quantitative estimate of drug-likeness (QED) is 0.199. The lowest BCUT2D eigenvalue weighted by molar-refractivity contribution is 0.242. The van der Waals surface area contributed by atoms with Gasteiger partial charge in [0.2, 0.25) is 0 Å². The first-order valence-corrected chi connectivity index (χ1v) is 17.1. The minimum Gasteiger partial charge on any atom is -0.482 e. The van der Waals surface area contributed by atoms with Crippen molar-refractivity contribution in [3.8, 4) is 5.75 Å². The van der Waals surface area contributed by atoms with Crippen molar-refractivity contribution < 1.29 is 4.74 Å². The number of thioether (sulfide) groups is 1. The maximum Gasteiger partial charge on any atom is 0.142 e. The van der Waals surface area contributed by atoms with E-state index < -0.39 is 15.8 Å². The molecule has 40 heavy (non-hydrogen) atoms. The third-order valence-electron chi connectivity index (χ3n) is 7.18. The standard InChI is InChI=1S/C36H28OP2S/c1-5-15-27(16-6-1)38(28-17-7-2-8-18-28)31-23-13-25-33-35(31)37-36-32(24-14-26-34(36)40-33)39(29-19-9-3-10-20-29)30-21-11-4-12-22-30/h1-26,33,35H. The van der Waals surface area contributed by atoms with Crippen LogP contribution < -0.4 is 31.3 Å². The van der Waals surface area contributed by atoms with E-state index in [-0.39, 0.29) is 11.4 Å². The summed E-state index contributed by atoms with van der Waals surface area (Å²) in [4.78, 5) is 1.23. The minimum atomic E-state index is -0.773. The molecular weight excluding hydrogens is 542 g/mol. The highest BCUT2D eigenvalue weighted by Gasteiger charge is 2.39. The molecule has 0 amide bonds. The summed E-state index contributed by atoms with van der Waals surface area (Å²) in [6.45, 7) is 0. The summed E-state index contributed by atoms with van der Waals surface area (Å²) in [5, 5.41) is 8.27. The van der Waals surface area contributed by atoms with Gasteiger partial charge in [-0.15, -0.1) is 11.8 Å². The SMILES string of the molecule is C1=CC2Sc3cccc(P(c4ccccc4)c4ccccc4)c3OC2C(P(c2ccccc2)c2ccccc2)=C1. The molecule has 0 radical (unpaired) electrons. The number of allylic oxidation sites excluding steroid dienone is 2. The topological polar surface area (TPSA) is 9.23 Å². The molecule has 2 unspecified atom stereocenters. The largest absolute Gasteiger partial charge is 0.482 e. The number of fused-ring (bicyclic) bond motifs is 2. The maximum absolute atomic E-state index is 7.22. The predicted octanol–water partition coefficient (Wildman–Crippen LogP) is 7.25. The van der Waals surface area contributed by atoms with Gasteiger partial charge >= 0.3 is 0 Å². The van der Waals surface area contributed by atoms with Crippen LogP contribution in [0.25, 0.3) is 0 Å². The van der Waals surface area contributed by atoms with E-state index in [1.165, 1.54) is 36.7 Å². The van der Waals surface area contributed by atoms with Crippen LogP contribution >= 0.6 is 27.6 Å². The van der Waals surface area contributed by atoms with E-state index in [0.29, 0.717) is 0 Å². The van der Waals surface area contributed by atoms with Crippen molar-refractivity contribution in [2.24, 2.45) is 0 Å². The average molecular weight is 571 g/mol. The molecule has 0 fully saturated rings. The van der Waals surface area contributed by atoms with Crippen molar-refractivity contribution in [2.75, 3.05) is 0 Å². The Labute approximate surface area is 243 Å². The lowest BCUT2D eigenvalue weighted by Gasteiger charge is -2.39. The van der Waals surface area contributed by atoms with E-state index in [1.54, 1.807) is 0 Å². The molecule has 5 aromatic carbocycles. The van der Waals surface area contributed by atoms with Crippen LogP contribution in [0.3, 0.4) is 0 Å². The Morgan fingerprint density at radius 3 is 1.55 bits per heavy atom. The van der Waals surface area contributed by atoms with Crippen molar-refractivity contribution in [3.05, 3.63) is 163 Å². The molecule has 5 aromatic rings. The van der Waals surface area contributed by atoms with Gasteiger partial charge in [0.1, 0.15) is 11.9 Å². The monoisotopic (exact) mass is 570 g/mol. The van der Waals surface area contributed by atoms with Crippen LogP contribution in [0.4, 0.5) is 0 Å². The van der Waals surface area contributed by atoms with Gasteiger partial charge in [-0.3, -0.25) is 0 Å². The first-order valence-electron chi connectivity index (χ1n) is 13.5. The second-order valence-electron chi connectivity index (χ2n) is 9.71. The van der Waals surface area contributed by atoms with Crippen LogP contribution in [0.5, 0.6) is 5.75 Å². The van der Waals surface area contributed by atoms with Gasteiger partial charge in [0.05, 0.1) is 10.1 Å². The molecule has 1 nitrogen and oxygen atoms in total. The lowest BCUT2D eigenvalue weighted by atomic mass is 10.1. The third kappa shape index (κ3) is 4.97. The van der Waals surface area contributed by atoms with Crippen LogP contribution in [0.1, 0.15) is 0 Å². The summed E-state index contributed by atoms with van der Waals surface area (Å²) in [6, 6.07) is 50.4. The van der Waals surface area contributed by atoms with Crippen LogP contribution in [0, 0.1) is 0 Å². The molecular formula is C36H28OP2S. The lowest BCUT2D eigenvalue weighted by Crippen LogP contribution is -2.38. The Kier molecular flexibility index (Phi) is 7.41. The van der Waals surface area contributed by atoms with Crippen LogP contribution in [0.2, 0.25) is 0 Å². The fourth-order valence-corrected chi connectivity index (χ4v) is 11.7. The van der Waals surface area contributed by atoms with E-state index in [2.05, 4.69) is 158 Å². The van der Waals surface area contributed by atoms with Gasteiger partial charge < -0.3 is 4.74 Å². The van der Waals surface area contributed by atoms with Crippen molar-refractivity contribution in [1.29, 1.82) is 0 Å². The molecule has 0 N–H and O–H groups in total. The second-order valence-corrected chi connectivity index (χ2v) is 15.3. The molecule has 1 aliphatic heterocycles. The summed E-state index contributed by atoms with van der Waals surface area (Å²) in [7, 11) is -1.51. The highest BCUT2D eigenvalue weighted by Crippen LogP contribution is 2.53. The molecule has 0 saturated heterocycles. The molecule has 194 valence electrons. The zero-order chi connectivity index (χ0) is 26.7. The zero-order valence-electron chi connectivity index (χ0n) is 21.9. The number of benzene rings is 5. The maximum atomic E-state index is 7.22. The minimum absolute atomic E-state index is 0.0291. The Balaban J connectivity index is 1.34. The van der Waals surface area contributed by atoms with Gasteiger partial charge in [-0.2, -0.15) is 0 Å². The summed E-state index contributed by atoms with van der Waals surface area (Å²) in [5.41, 5.74) is 0. The van der Waals surface area contributed by atoms with Crippen molar-refractivity contribution in [2.45, 2.75) is 16.2 Å². The van der Waals surface area contributed by atoms with Crippen molar-refractivity contribution in [1.82, 2.24) is 0 Å². The Morgan fingerprint density at radius 2 is 1.02 bits per heavy atom. The van der Waals surface area contributed by atoms with Crippen LogP contribution in [-0.2, 0) is 0 Å². The Bertz CT molecular complexity index is 1570. The second kappa shape index (κ2) is 11.6. The first kappa shape index (κ1) is 25.6. The fraction of sp³-hybridized carbons (Fsp3) is 0.0556. The number of hydrogen-bond donors (Lipinski definition) is 0. The normalized spacial score (nSPS) is 17.6. The third-order valence-corrected chi connectivity index (χ3v) is 13.4. The van der Waals surface area contributed by atoms with Gasteiger partial charge in [0, 0.05) is 10.6 Å². The molecule has 0 spiro atoms.